The zero-order valence-electron chi connectivity index (χ0n) is 10.4. The van der Waals surface area contributed by atoms with Crippen LogP contribution < -0.4 is 16.4 Å². The van der Waals surface area contributed by atoms with E-state index in [9.17, 15) is 4.79 Å². The first-order valence-corrected chi connectivity index (χ1v) is 6.22. The Morgan fingerprint density at radius 1 is 1.37 bits per heavy atom. The highest BCUT2D eigenvalue weighted by molar-refractivity contribution is 5.95. The third-order valence-electron chi connectivity index (χ3n) is 3.59. The fourth-order valence-corrected chi connectivity index (χ4v) is 2.56. The molecule has 0 saturated carbocycles. The predicted molar refractivity (Wildman–Crippen MR) is 70.3 cm³/mol. The lowest BCUT2D eigenvalue weighted by Gasteiger charge is -2.32. The molecule has 1 aromatic heterocycles. The lowest BCUT2D eigenvalue weighted by atomic mass is 9.97. The van der Waals surface area contributed by atoms with Crippen LogP contribution in [0.15, 0.2) is 16.8 Å². The molecular formula is C12H15N5O2. The van der Waals surface area contributed by atoms with Gasteiger partial charge in [-0.1, -0.05) is 0 Å². The summed E-state index contributed by atoms with van der Waals surface area (Å²) < 4.78 is 4.75. The van der Waals surface area contributed by atoms with E-state index in [0.29, 0.717) is 23.3 Å². The van der Waals surface area contributed by atoms with E-state index in [2.05, 4.69) is 15.2 Å². The Hall–Kier alpha value is -2.31. The largest absolute Gasteiger partial charge is 0.397 e. The minimum absolute atomic E-state index is 0.124. The number of anilines is 2. The molecule has 1 atom stereocenters. The van der Waals surface area contributed by atoms with Crippen molar-refractivity contribution >= 4 is 28.3 Å². The number of aromatic nitrogens is 2. The van der Waals surface area contributed by atoms with Crippen LogP contribution >= 0.6 is 0 Å². The highest BCUT2D eigenvalue weighted by Gasteiger charge is 2.26. The number of nitrogen functional groups attached to an aromatic ring is 1. The Morgan fingerprint density at radius 2 is 2.16 bits per heavy atom. The van der Waals surface area contributed by atoms with Crippen LogP contribution in [-0.4, -0.2) is 29.3 Å². The van der Waals surface area contributed by atoms with Crippen LogP contribution in [0.5, 0.6) is 0 Å². The van der Waals surface area contributed by atoms with Crippen LogP contribution in [0, 0.1) is 5.92 Å². The van der Waals surface area contributed by atoms with Crippen molar-refractivity contribution < 1.29 is 9.42 Å². The van der Waals surface area contributed by atoms with E-state index in [4.69, 9.17) is 16.1 Å². The maximum absolute atomic E-state index is 11.3. The van der Waals surface area contributed by atoms with Crippen molar-refractivity contribution in [3.8, 4) is 0 Å². The van der Waals surface area contributed by atoms with E-state index in [1.807, 2.05) is 6.07 Å². The molecule has 0 spiro atoms. The summed E-state index contributed by atoms with van der Waals surface area (Å²) in [5.41, 5.74) is 13.8. The molecule has 3 rings (SSSR count). The molecule has 19 heavy (non-hydrogen) atoms. The van der Waals surface area contributed by atoms with E-state index in [1.165, 1.54) is 0 Å². The van der Waals surface area contributed by atoms with Gasteiger partial charge in [0.25, 0.3) is 0 Å². The Labute approximate surface area is 109 Å². The van der Waals surface area contributed by atoms with Crippen molar-refractivity contribution in [2.24, 2.45) is 11.7 Å². The summed E-state index contributed by atoms with van der Waals surface area (Å²) in [5, 5.41) is 7.70. The van der Waals surface area contributed by atoms with Gasteiger partial charge >= 0.3 is 0 Å². The van der Waals surface area contributed by atoms with E-state index in [1.54, 1.807) is 6.07 Å². The first kappa shape index (κ1) is 11.8. The van der Waals surface area contributed by atoms with Gasteiger partial charge in [0.1, 0.15) is 0 Å². The molecular weight excluding hydrogens is 246 g/mol. The van der Waals surface area contributed by atoms with Crippen molar-refractivity contribution in [1.82, 2.24) is 10.3 Å². The average Bonchev–Trinajstić information content (AvgIpc) is 2.89. The number of primary amides is 1. The number of hydrogen-bond donors (Lipinski definition) is 2. The Morgan fingerprint density at radius 3 is 2.95 bits per heavy atom. The summed E-state index contributed by atoms with van der Waals surface area (Å²) in [6.07, 6.45) is 1.76. The highest BCUT2D eigenvalue weighted by Crippen LogP contribution is 2.31. The fraction of sp³-hybridized carbons (Fsp3) is 0.417. The van der Waals surface area contributed by atoms with Crippen LogP contribution in [0.2, 0.25) is 0 Å². The van der Waals surface area contributed by atoms with Gasteiger partial charge in [0.15, 0.2) is 11.0 Å². The lowest BCUT2D eigenvalue weighted by Crippen LogP contribution is -2.41. The van der Waals surface area contributed by atoms with Crippen molar-refractivity contribution in [2.75, 3.05) is 23.7 Å². The number of rotatable bonds is 2. The van der Waals surface area contributed by atoms with Crippen LogP contribution in [0.1, 0.15) is 12.8 Å². The van der Waals surface area contributed by atoms with Gasteiger partial charge in [-0.3, -0.25) is 4.79 Å². The predicted octanol–water partition coefficient (Wildman–Crippen LogP) is 0.507. The Bertz CT molecular complexity index is 624. The van der Waals surface area contributed by atoms with Gasteiger partial charge in [-0.25, -0.2) is 4.63 Å². The molecule has 0 aliphatic carbocycles. The summed E-state index contributed by atoms with van der Waals surface area (Å²) >= 11 is 0. The van der Waals surface area contributed by atoms with E-state index >= 15 is 0 Å². The van der Waals surface area contributed by atoms with Crippen LogP contribution in [0.3, 0.4) is 0 Å². The van der Waals surface area contributed by atoms with Gasteiger partial charge in [-0.2, -0.15) is 0 Å². The quantitative estimate of drug-likeness (QED) is 0.762. The molecule has 0 bridgehead atoms. The monoisotopic (exact) mass is 261 g/mol. The van der Waals surface area contributed by atoms with E-state index < -0.39 is 0 Å². The van der Waals surface area contributed by atoms with Gasteiger partial charge in [0.05, 0.1) is 17.3 Å². The maximum Gasteiger partial charge on any atom is 0.222 e. The number of fused-ring (bicyclic) bond motifs is 1. The average molecular weight is 261 g/mol. The summed E-state index contributed by atoms with van der Waals surface area (Å²) in [6.45, 7) is 1.46. The third-order valence-corrected chi connectivity index (χ3v) is 3.59. The molecule has 1 amide bonds. The minimum Gasteiger partial charge on any atom is -0.397 e. The highest BCUT2D eigenvalue weighted by atomic mass is 16.6. The molecule has 7 nitrogen and oxygen atoms in total. The van der Waals surface area contributed by atoms with Crippen molar-refractivity contribution in [2.45, 2.75) is 12.8 Å². The molecule has 1 saturated heterocycles. The second kappa shape index (κ2) is 4.42. The minimum atomic E-state index is -0.255. The topological polar surface area (TPSA) is 111 Å². The number of amides is 1. The van der Waals surface area contributed by atoms with Crippen LogP contribution in [0.4, 0.5) is 11.4 Å². The second-order valence-corrected chi connectivity index (χ2v) is 4.82. The van der Waals surface area contributed by atoms with Gasteiger partial charge in [-0.05, 0) is 35.3 Å². The van der Waals surface area contributed by atoms with Crippen LogP contribution in [0.25, 0.3) is 11.0 Å². The first-order chi connectivity index (χ1) is 9.16. The smallest absolute Gasteiger partial charge is 0.222 e. The zero-order chi connectivity index (χ0) is 13.4. The van der Waals surface area contributed by atoms with E-state index in [0.717, 1.165) is 25.1 Å². The molecule has 100 valence electrons. The SMILES string of the molecule is NC(=O)C1CCCN(c2ccc(N)c3nonc23)C1. The molecule has 7 heteroatoms. The summed E-state index contributed by atoms with van der Waals surface area (Å²) in [7, 11) is 0. The Kier molecular flexibility index (Phi) is 2.73. The van der Waals surface area contributed by atoms with E-state index in [-0.39, 0.29) is 11.8 Å². The summed E-state index contributed by atoms with van der Waals surface area (Å²) in [4.78, 5) is 13.4. The molecule has 2 heterocycles. The molecule has 1 unspecified atom stereocenters. The molecule has 2 aromatic rings. The molecule has 4 N–H and O–H groups in total. The normalized spacial score (nSPS) is 19.8. The molecule has 1 aromatic carbocycles. The van der Waals surface area contributed by atoms with Crippen molar-refractivity contribution in [1.29, 1.82) is 0 Å². The first-order valence-electron chi connectivity index (χ1n) is 6.22. The zero-order valence-corrected chi connectivity index (χ0v) is 10.4. The molecule has 1 aliphatic heterocycles. The molecule has 1 fully saturated rings. The lowest BCUT2D eigenvalue weighted by molar-refractivity contribution is -0.122. The fourth-order valence-electron chi connectivity index (χ4n) is 2.56. The molecule has 1 aliphatic rings. The number of benzene rings is 1. The summed E-state index contributed by atoms with van der Waals surface area (Å²) in [6, 6.07) is 3.65. The van der Waals surface area contributed by atoms with Crippen molar-refractivity contribution in [3.05, 3.63) is 12.1 Å². The van der Waals surface area contributed by atoms with Crippen LogP contribution in [-0.2, 0) is 4.79 Å². The van der Waals surface area contributed by atoms with Gasteiger partial charge in [0.2, 0.25) is 5.91 Å². The number of carbonyl (C=O) groups is 1. The number of piperidine rings is 1. The standard InChI is InChI=1S/C12H15N5O2/c13-8-3-4-9(11-10(8)15-19-16-11)17-5-1-2-7(6-17)12(14)18/h3-4,7H,1-2,5-6,13H2,(H2,14,18). The number of nitrogens with zero attached hydrogens (tertiary/aromatic N) is 3. The van der Waals surface area contributed by atoms with Crippen molar-refractivity contribution in [3.63, 3.8) is 0 Å². The maximum atomic E-state index is 11.3. The molecule has 0 radical (unpaired) electrons. The van der Waals surface area contributed by atoms with Gasteiger partial charge in [-0.15, -0.1) is 0 Å². The Balaban J connectivity index is 1.98. The second-order valence-electron chi connectivity index (χ2n) is 4.82. The summed E-state index contributed by atoms with van der Waals surface area (Å²) in [5.74, 6) is -0.379. The number of nitrogens with two attached hydrogens (primary N) is 2. The third kappa shape index (κ3) is 1.96. The number of hydrogen-bond acceptors (Lipinski definition) is 6. The van der Waals surface area contributed by atoms with Gasteiger partial charge in [0, 0.05) is 13.1 Å². The number of carbonyl (C=O) groups excluding carboxylic acids is 1. The van der Waals surface area contributed by atoms with Gasteiger partial charge < -0.3 is 16.4 Å².